The Bertz CT molecular complexity index is 239. The maximum atomic E-state index is 10.6. The highest BCUT2D eigenvalue weighted by molar-refractivity contribution is 7.89. The summed E-state index contributed by atoms with van der Waals surface area (Å²) in [5.74, 6) is -0.0281. The minimum atomic E-state index is -3.35. The summed E-state index contributed by atoms with van der Waals surface area (Å²) in [5, 5.41) is 13.9. The van der Waals surface area contributed by atoms with Gasteiger partial charge in [-0.15, -0.1) is 0 Å². The maximum absolute atomic E-state index is 10.6. The molecule has 1 aliphatic heterocycles. The van der Waals surface area contributed by atoms with Crippen molar-refractivity contribution in [3.8, 4) is 0 Å². The summed E-state index contributed by atoms with van der Waals surface area (Å²) >= 11 is 0. The highest BCUT2D eigenvalue weighted by Gasteiger charge is 2.20. The zero-order valence-corrected chi connectivity index (χ0v) is 7.63. The number of sulfonamides is 1. The van der Waals surface area contributed by atoms with Crippen LogP contribution in [-0.4, -0.2) is 49.9 Å². The Morgan fingerprint density at radius 3 is 2.67 bits per heavy atom. The van der Waals surface area contributed by atoms with Crippen molar-refractivity contribution in [2.75, 3.05) is 25.4 Å². The third-order valence-corrected chi connectivity index (χ3v) is 2.69. The minimum Gasteiger partial charge on any atom is -0.392 e. The summed E-state index contributed by atoms with van der Waals surface area (Å²) in [7, 11) is -3.35. The molecule has 5 nitrogen and oxygen atoms in total. The zero-order chi connectivity index (χ0) is 9.19. The van der Waals surface area contributed by atoms with Gasteiger partial charge in [-0.25, -0.2) is 13.6 Å². The second-order valence-electron chi connectivity index (χ2n) is 3.11. The van der Waals surface area contributed by atoms with Gasteiger partial charge in [0.2, 0.25) is 10.0 Å². The maximum Gasteiger partial charge on any atom is 0.210 e. The smallest absolute Gasteiger partial charge is 0.210 e. The van der Waals surface area contributed by atoms with E-state index in [9.17, 15) is 8.42 Å². The first-order chi connectivity index (χ1) is 5.47. The van der Waals surface area contributed by atoms with E-state index < -0.39 is 10.0 Å². The van der Waals surface area contributed by atoms with Gasteiger partial charge in [-0.05, 0) is 6.42 Å². The van der Waals surface area contributed by atoms with Crippen molar-refractivity contribution in [2.45, 2.75) is 12.5 Å². The third-order valence-electron chi connectivity index (χ3n) is 1.94. The molecular weight excluding hydrogens is 180 g/mol. The molecule has 0 bridgehead atoms. The first kappa shape index (κ1) is 9.91. The Labute approximate surface area is 72.2 Å². The number of nitrogens with two attached hydrogens (primary N) is 1. The molecule has 72 valence electrons. The van der Waals surface area contributed by atoms with E-state index in [1.165, 1.54) is 0 Å². The SMILES string of the molecule is NS(=O)(=O)CCN1CC[C@H](O)C1. The van der Waals surface area contributed by atoms with E-state index in [2.05, 4.69) is 0 Å². The van der Waals surface area contributed by atoms with Crippen LogP contribution in [0.1, 0.15) is 6.42 Å². The number of hydrogen-bond donors (Lipinski definition) is 2. The lowest BCUT2D eigenvalue weighted by Gasteiger charge is -2.12. The molecule has 0 spiro atoms. The van der Waals surface area contributed by atoms with Crippen molar-refractivity contribution in [3.05, 3.63) is 0 Å². The summed E-state index contributed by atoms with van der Waals surface area (Å²) in [6.45, 7) is 1.75. The van der Waals surface area contributed by atoms with Gasteiger partial charge in [-0.2, -0.15) is 0 Å². The topological polar surface area (TPSA) is 83.6 Å². The van der Waals surface area contributed by atoms with E-state index in [4.69, 9.17) is 10.2 Å². The van der Waals surface area contributed by atoms with E-state index in [1.807, 2.05) is 4.90 Å². The molecule has 0 unspecified atom stereocenters. The predicted octanol–water partition coefficient (Wildman–Crippen LogP) is -1.66. The van der Waals surface area contributed by atoms with Crippen molar-refractivity contribution in [1.29, 1.82) is 0 Å². The largest absolute Gasteiger partial charge is 0.392 e. The van der Waals surface area contributed by atoms with Crippen molar-refractivity contribution >= 4 is 10.0 Å². The summed E-state index contributed by atoms with van der Waals surface area (Å²) in [6, 6.07) is 0. The molecule has 0 aromatic heterocycles. The first-order valence-corrected chi connectivity index (χ1v) is 5.60. The van der Waals surface area contributed by atoms with Gasteiger partial charge in [0.1, 0.15) is 0 Å². The van der Waals surface area contributed by atoms with Crippen molar-refractivity contribution in [2.24, 2.45) is 5.14 Å². The Morgan fingerprint density at radius 1 is 1.58 bits per heavy atom. The normalized spacial score (nSPS) is 26.3. The summed E-state index contributed by atoms with van der Waals surface area (Å²) < 4.78 is 21.1. The molecule has 0 saturated carbocycles. The highest BCUT2D eigenvalue weighted by atomic mass is 32.2. The Morgan fingerprint density at radius 2 is 2.25 bits per heavy atom. The van der Waals surface area contributed by atoms with Crippen LogP contribution in [0.4, 0.5) is 0 Å². The molecule has 1 fully saturated rings. The van der Waals surface area contributed by atoms with Crippen LogP contribution in [0.25, 0.3) is 0 Å². The first-order valence-electron chi connectivity index (χ1n) is 3.88. The van der Waals surface area contributed by atoms with Gasteiger partial charge in [0.15, 0.2) is 0 Å². The molecule has 12 heavy (non-hydrogen) atoms. The van der Waals surface area contributed by atoms with Crippen LogP contribution >= 0.6 is 0 Å². The number of rotatable bonds is 3. The number of aliphatic hydroxyl groups is 1. The second-order valence-corrected chi connectivity index (χ2v) is 4.84. The fourth-order valence-corrected chi connectivity index (χ4v) is 1.78. The van der Waals surface area contributed by atoms with Crippen molar-refractivity contribution in [3.63, 3.8) is 0 Å². The molecule has 6 heteroatoms. The number of nitrogens with zero attached hydrogens (tertiary/aromatic N) is 1. The van der Waals surface area contributed by atoms with Crippen LogP contribution in [0, 0.1) is 0 Å². The van der Waals surface area contributed by atoms with Crippen LogP contribution in [0.2, 0.25) is 0 Å². The average molecular weight is 194 g/mol. The van der Waals surface area contributed by atoms with Crippen LogP contribution in [0.3, 0.4) is 0 Å². The Kier molecular flexibility index (Phi) is 3.05. The summed E-state index contributed by atoms with van der Waals surface area (Å²) in [4.78, 5) is 1.90. The lowest BCUT2D eigenvalue weighted by atomic mass is 10.3. The second kappa shape index (κ2) is 3.69. The zero-order valence-electron chi connectivity index (χ0n) is 6.81. The molecule has 1 rings (SSSR count). The number of β-amino-alcohol motifs (C(OH)–C–C–N with tert-alkyl or cyclic N) is 1. The minimum absolute atomic E-state index is 0.0281. The monoisotopic (exact) mass is 194 g/mol. The lowest BCUT2D eigenvalue weighted by molar-refractivity contribution is 0.178. The molecule has 0 aromatic rings. The van der Waals surface area contributed by atoms with Crippen LogP contribution < -0.4 is 5.14 Å². The quantitative estimate of drug-likeness (QED) is 0.563. The van der Waals surface area contributed by atoms with E-state index in [0.29, 0.717) is 13.1 Å². The molecule has 3 N–H and O–H groups in total. The van der Waals surface area contributed by atoms with Gasteiger partial charge in [0.05, 0.1) is 11.9 Å². The molecule has 1 heterocycles. The molecule has 1 atom stereocenters. The lowest BCUT2D eigenvalue weighted by Crippen LogP contribution is -2.30. The molecule has 1 saturated heterocycles. The van der Waals surface area contributed by atoms with Crippen molar-refractivity contribution in [1.82, 2.24) is 4.90 Å². The number of hydrogen-bond acceptors (Lipinski definition) is 4. The predicted molar refractivity (Wildman–Crippen MR) is 45.0 cm³/mol. The summed E-state index contributed by atoms with van der Waals surface area (Å²) in [6.07, 6.45) is 0.426. The van der Waals surface area contributed by atoms with Gasteiger partial charge in [-0.3, -0.25) is 4.90 Å². The average Bonchev–Trinajstić information content (AvgIpc) is 2.30. The van der Waals surface area contributed by atoms with Crippen LogP contribution in [0.5, 0.6) is 0 Å². The van der Waals surface area contributed by atoms with Crippen LogP contribution in [0.15, 0.2) is 0 Å². The number of primary sulfonamides is 1. The fraction of sp³-hybridized carbons (Fsp3) is 1.00. The Balaban J connectivity index is 2.25. The van der Waals surface area contributed by atoms with Gasteiger partial charge < -0.3 is 5.11 Å². The molecular formula is C6H14N2O3S. The van der Waals surface area contributed by atoms with Gasteiger partial charge in [-0.1, -0.05) is 0 Å². The summed E-state index contributed by atoms with van der Waals surface area (Å²) in [5.41, 5.74) is 0. The molecule has 0 aliphatic carbocycles. The molecule has 0 amide bonds. The molecule has 0 aromatic carbocycles. The standard InChI is InChI=1S/C6H14N2O3S/c7-12(10,11)4-3-8-2-1-6(9)5-8/h6,9H,1-5H2,(H2,7,10,11)/t6-/m0/s1. The number of likely N-dealkylation sites (tertiary alicyclic amines) is 1. The van der Waals surface area contributed by atoms with E-state index >= 15 is 0 Å². The molecule has 1 aliphatic rings. The van der Waals surface area contributed by atoms with E-state index in [0.717, 1.165) is 13.0 Å². The van der Waals surface area contributed by atoms with Crippen molar-refractivity contribution < 1.29 is 13.5 Å². The molecule has 0 radical (unpaired) electrons. The Hall–Kier alpha value is -0.170. The van der Waals surface area contributed by atoms with E-state index in [1.54, 1.807) is 0 Å². The van der Waals surface area contributed by atoms with Gasteiger partial charge >= 0.3 is 0 Å². The third kappa shape index (κ3) is 3.48. The number of aliphatic hydroxyl groups excluding tert-OH is 1. The van der Waals surface area contributed by atoms with Crippen LogP contribution in [-0.2, 0) is 10.0 Å². The van der Waals surface area contributed by atoms with Gasteiger partial charge in [0.25, 0.3) is 0 Å². The highest BCUT2D eigenvalue weighted by Crippen LogP contribution is 2.07. The fourth-order valence-electron chi connectivity index (χ4n) is 1.27. The van der Waals surface area contributed by atoms with E-state index in [-0.39, 0.29) is 11.9 Å². The van der Waals surface area contributed by atoms with Gasteiger partial charge in [0, 0.05) is 19.6 Å².